The SMILES string of the molecule is CCCCC/C=C\C/C=C\C/C=C\CCCCC(=O)OC[C@@H](O)COP(=O)(O)OCCN. The maximum Gasteiger partial charge on any atom is 0.472 e. The third kappa shape index (κ3) is 21.9. The number of allylic oxidation sites excluding steroid dienone is 6. The summed E-state index contributed by atoms with van der Waals surface area (Å²) in [5.74, 6) is -0.426. The van der Waals surface area contributed by atoms with Crippen molar-refractivity contribution in [3.8, 4) is 0 Å². The van der Waals surface area contributed by atoms with Crippen molar-refractivity contribution in [2.45, 2.75) is 77.2 Å². The monoisotopic (exact) mass is 475 g/mol. The lowest BCUT2D eigenvalue weighted by Gasteiger charge is -2.15. The average Bonchev–Trinajstić information content (AvgIpc) is 2.77. The van der Waals surface area contributed by atoms with Gasteiger partial charge in [0.1, 0.15) is 12.7 Å². The van der Waals surface area contributed by atoms with Gasteiger partial charge in [-0.2, -0.15) is 0 Å². The van der Waals surface area contributed by atoms with E-state index >= 15 is 0 Å². The fourth-order valence-corrected chi connectivity index (χ4v) is 3.29. The van der Waals surface area contributed by atoms with Gasteiger partial charge in [-0.1, -0.05) is 56.2 Å². The fraction of sp³-hybridized carbons (Fsp3) is 0.696. The van der Waals surface area contributed by atoms with Crippen molar-refractivity contribution < 1.29 is 33.1 Å². The zero-order valence-corrected chi connectivity index (χ0v) is 20.3. The Morgan fingerprint density at radius 3 is 2.12 bits per heavy atom. The van der Waals surface area contributed by atoms with Crippen molar-refractivity contribution in [1.29, 1.82) is 0 Å². The maximum absolute atomic E-state index is 11.7. The van der Waals surface area contributed by atoms with Gasteiger partial charge in [-0.05, 0) is 44.9 Å². The molecule has 0 radical (unpaired) electrons. The molecule has 8 nitrogen and oxygen atoms in total. The number of aliphatic hydroxyl groups is 1. The number of rotatable bonds is 21. The number of phosphoric ester groups is 1. The minimum Gasteiger partial charge on any atom is -0.463 e. The van der Waals surface area contributed by atoms with E-state index in [-0.39, 0.29) is 26.2 Å². The van der Waals surface area contributed by atoms with Crippen LogP contribution in [0.5, 0.6) is 0 Å². The Balaban J connectivity index is 3.64. The molecule has 0 bridgehead atoms. The first kappa shape index (κ1) is 30.7. The van der Waals surface area contributed by atoms with Crippen LogP contribution in [-0.2, 0) is 23.1 Å². The highest BCUT2D eigenvalue weighted by atomic mass is 31.2. The minimum atomic E-state index is -4.25. The number of phosphoric acid groups is 1. The summed E-state index contributed by atoms with van der Waals surface area (Å²) in [5, 5.41) is 9.66. The summed E-state index contributed by atoms with van der Waals surface area (Å²) in [7, 11) is -4.25. The van der Waals surface area contributed by atoms with Crippen LogP contribution in [0.25, 0.3) is 0 Å². The van der Waals surface area contributed by atoms with Crippen LogP contribution in [0.3, 0.4) is 0 Å². The van der Waals surface area contributed by atoms with Gasteiger partial charge in [-0.15, -0.1) is 0 Å². The molecule has 0 aromatic heterocycles. The first-order valence-electron chi connectivity index (χ1n) is 11.5. The van der Waals surface area contributed by atoms with Crippen molar-refractivity contribution >= 4 is 13.8 Å². The predicted octanol–water partition coefficient (Wildman–Crippen LogP) is 4.57. The third-order valence-corrected chi connectivity index (χ3v) is 5.24. The van der Waals surface area contributed by atoms with Gasteiger partial charge in [0.05, 0.1) is 13.2 Å². The molecule has 32 heavy (non-hydrogen) atoms. The number of carbonyl (C=O) groups is 1. The second-order valence-corrected chi connectivity index (χ2v) is 8.80. The van der Waals surface area contributed by atoms with Crippen LogP contribution in [0.1, 0.15) is 71.1 Å². The number of hydrogen-bond acceptors (Lipinski definition) is 7. The molecule has 0 aliphatic rings. The molecular formula is C23H42NO7P. The first-order valence-corrected chi connectivity index (χ1v) is 13.0. The Morgan fingerprint density at radius 2 is 1.53 bits per heavy atom. The highest BCUT2D eigenvalue weighted by Crippen LogP contribution is 2.42. The maximum atomic E-state index is 11.7. The van der Waals surface area contributed by atoms with E-state index in [2.05, 4.69) is 52.4 Å². The number of carbonyl (C=O) groups excluding carboxylic acids is 1. The molecule has 0 spiro atoms. The molecule has 4 N–H and O–H groups in total. The van der Waals surface area contributed by atoms with Gasteiger partial charge in [0.2, 0.25) is 0 Å². The Kier molecular flexibility index (Phi) is 20.7. The molecule has 0 aromatic carbocycles. The van der Waals surface area contributed by atoms with Crippen molar-refractivity contribution in [1.82, 2.24) is 0 Å². The second kappa shape index (κ2) is 21.6. The number of aliphatic hydroxyl groups excluding tert-OH is 1. The molecule has 0 amide bonds. The van der Waals surface area contributed by atoms with E-state index in [1.165, 1.54) is 25.7 Å². The lowest BCUT2D eigenvalue weighted by Crippen LogP contribution is -2.23. The van der Waals surface area contributed by atoms with E-state index in [9.17, 15) is 19.4 Å². The Hall–Kier alpha value is -1.28. The molecular weight excluding hydrogens is 433 g/mol. The Morgan fingerprint density at radius 1 is 0.938 bits per heavy atom. The minimum absolute atomic E-state index is 0.0675. The quantitative estimate of drug-likeness (QED) is 0.0953. The zero-order chi connectivity index (χ0) is 23.9. The Bertz CT molecular complexity index is 593. The lowest BCUT2D eigenvalue weighted by molar-refractivity contribution is -0.147. The molecule has 0 aliphatic heterocycles. The van der Waals surface area contributed by atoms with Gasteiger partial charge >= 0.3 is 13.8 Å². The number of unbranched alkanes of at least 4 members (excludes halogenated alkanes) is 5. The van der Waals surface area contributed by atoms with E-state index in [0.29, 0.717) is 6.42 Å². The standard InChI is InChI=1S/C23H42NO7P/c1-2-3-4-5-6-7-8-9-10-11-12-13-14-15-16-17-23(26)29-20-22(25)21-31-32(27,28)30-19-18-24/h6-7,9-10,12-13,22,25H,2-5,8,11,14-21,24H2,1H3,(H,27,28)/b7-6-,10-9-,13-12-/t22-/m1/s1. The van der Waals surface area contributed by atoms with Crippen LogP contribution in [-0.4, -0.2) is 48.4 Å². The first-order chi connectivity index (χ1) is 15.4. The van der Waals surface area contributed by atoms with Crippen molar-refractivity contribution in [2.24, 2.45) is 5.73 Å². The Labute approximate surface area is 193 Å². The molecule has 0 saturated heterocycles. The fourth-order valence-electron chi connectivity index (χ4n) is 2.52. The van der Waals surface area contributed by atoms with E-state index < -0.39 is 26.5 Å². The van der Waals surface area contributed by atoms with Crippen LogP contribution in [0.15, 0.2) is 36.5 Å². The van der Waals surface area contributed by atoms with Crippen LogP contribution in [0.2, 0.25) is 0 Å². The lowest BCUT2D eigenvalue weighted by atomic mass is 10.1. The van der Waals surface area contributed by atoms with E-state index in [1.807, 2.05) is 0 Å². The molecule has 9 heteroatoms. The van der Waals surface area contributed by atoms with Gasteiger partial charge in [-0.25, -0.2) is 4.57 Å². The summed E-state index contributed by atoms with van der Waals surface area (Å²) in [6.07, 6.45) is 21.4. The highest BCUT2D eigenvalue weighted by molar-refractivity contribution is 7.47. The van der Waals surface area contributed by atoms with Crippen molar-refractivity contribution in [3.63, 3.8) is 0 Å². The average molecular weight is 476 g/mol. The summed E-state index contributed by atoms with van der Waals surface area (Å²) in [4.78, 5) is 21.0. The van der Waals surface area contributed by atoms with Crippen LogP contribution in [0, 0.1) is 0 Å². The normalized spacial score (nSPS) is 15.0. The molecule has 0 aliphatic carbocycles. The molecule has 2 atom stereocenters. The topological polar surface area (TPSA) is 128 Å². The van der Waals surface area contributed by atoms with Crippen LogP contribution in [0.4, 0.5) is 0 Å². The molecule has 0 heterocycles. The number of esters is 1. The third-order valence-electron chi connectivity index (χ3n) is 4.26. The molecule has 0 aromatic rings. The van der Waals surface area contributed by atoms with Gasteiger partial charge in [0.15, 0.2) is 0 Å². The molecule has 186 valence electrons. The van der Waals surface area contributed by atoms with E-state index in [4.69, 9.17) is 10.5 Å². The smallest absolute Gasteiger partial charge is 0.463 e. The summed E-state index contributed by atoms with van der Waals surface area (Å²) < 4.78 is 25.5. The van der Waals surface area contributed by atoms with E-state index in [0.717, 1.165) is 25.7 Å². The molecule has 0 saturated carbocycles. The van der Waals surface area contributed by atoms with Crippen molar-refractivity contribution in [2.75, 3.05) is 26.4 Å². The van der Waals surface area contributed by atoms with E-state index in [1.54, 1.807) is 0 Å². The number of nitrogens with two attached hydrogens (primary N) is 1. The largest absolute Gasteiger partial charge is 0.472 e. The van der Waals surface area contributed by atoms with Crippen LogP contribution < -0.4 is 5.73 Å². The summed E-state index contributed by atoms with van der Waals surface area (Å²) in [5.41, 5.74) is 5.16. The summed E-state index contributed by atoms with van der Waals surface area (Å²) in [6.45, 7) is 1.35. The number of ether oxygens (including phenoxy) is 1. The zero-order valence-electron chi connectivity index (χ0n) is 19.4. The summed E-state index contributed by atoms with van der Waals surface area (Å²) in [6, 6.07) is 0. The van der Waals surface area contributed by atoms with Gasteiger partial charge in [-0.3, -0.25) is 13.8 Å². The number of hydrogen-bond donors (Lipinski definition) is 3. The van der Waals surface area contributed by atoms with Gasteiger partial charge in [0.25, 0.3) is 0 Å². The van der Waals surface area contributed by atoms with Gasteiger partial charge in [0, 0.05) is 13.0 Å². The molecule has 1 unspecified atom stereocenters. The summed E-state index contributed by atoms with van der Waals surface area (Å²) >= 11 is 0. The predicted molar refractivity (Wildman–Crippen MR) is 127 cm³/mol. The van der Waals surface area contributed by atoms with Crippen LogP contribution >= 0.6 is 7.82 Å². The second-order valence-electron chi connectivity index (χ2n) is 7.35. The highest BCUT2D eigenvalue weighted by Gasteiger charge is 2.22. The molecule has 0 fully saturated rings. The van der Waals surface area contributed by atoms with Gasteiger partial charge < -0.3 is 20.5 Å². The molecule has 0 rings (SSSR count). The van der Waals surface area contributed by atoms with Crippen molar-refractivity contribution in [3.05, 3.63) is 36.5 Å².